The molecule has 0 aliphatic rings. The molecule has 0 saturated carbocycles. The van der Waals surface area contributed by atoms with Crippen LogP contribution in [0.5, 0.6) is 5.75 Å². The van der Waals surface area contributed by atoms with Crippen molar-refractivity contribution in [2.75, 3.05) is 0 Å². The summed E-state index contributed by atoms with van der Waals surface area (Å²) in [6.07, 6.45) is 2.19. The largest absolute Gasteiger partial charge is 0.508 e. The highest BCUT2D eigenvalue weighted by molar-refractivity contribution is 5.37. The lowest BCUT2D eigenvalue weighted by atomic mass is 10.0. The van der Waals surface area contributed by atoms with Crippen LogP contribution in [0.1, 0.15) is 24.5 Å². The lowest BCUT2D eigenvalue weighted by Crippen LogP contribution is -1.87. The van der Waals surface area contributed by atoms with Crippen LogP contribution in [-0.2, 0) is 6.42 Å². The van der Waals surface area contributed by atoms with E-state index in [1.54, 1.807) is 6.07 Å². The molecule has 0 unspecified atom stereocenters. The molecule has 0 bridgehead atoms. The Morgan fingerprint density at radius 3 is 2.73 bits per heavy atom. The van der Waals surface area contributed by atoms with Gasteiger partial charge < -0.3 is 5.11 Å². The minimum Gasteiger partial charge on any atom is -0.508 e. The number of aromatic hydroxyl groups is 1. The number of phenolic OH excluding ortho intramolecular Hbond substituents is 1. The van der Waals surface area contributed by atoms with Crippen LogP contribution in [0.3, 0.4) is 0 Å². The van der Waals surface area contributed by atoms with Crippen LogP contribution in [0, 0.1) is 6.92 Å². The Kier molecular flexibility index (Phi) is 2.53. The maximum Gasteiger partial charge on any atom is 0.118 e. The van der Waals surface area contributed by atoms with E-state index in [1.807, 2.05) is 13.0 Å². The highest BCUT2D eigenvalue weighted by atomic mass is 16.3. The zero-order valence-electron chi connectivity index (χ0n) is 7.09. The van der Waals surface area contributed by atoms with Gasteiger partial charge in [-0.3, -0.25) is 0 Å². The van der Waals surface area contributed by atoms with Gasteiger partial charge >= 0.3 is 0 Å². The fraction of sp³-hybridized carbons (Fsp3) is 0.400. The molecule has 0 fully saturated rings. The summed E-state index contributed by atoms with van der Waals surface area (Å²) in [5, 5.41) is 9.33. The van der Waals surface area contributed by atoms with E-state index in [0.717, 1.165) is 18.4 Å². The van der Waals surface area contributed by atoms with E-state index in [9.17, 15) is 5.11 Å². The Labute approximate surface area is 67.7 Å². The second kappa shape index (κ2) is 3.42. The van der Waals surface area contributed by atoms with Crippen LogP contribution < -0.4 is 0 Å². The predicted octanol–water partition coefficient (Wildman–Crippen LogP) is 2.65. The van der Waals surface area contributed by atoms with E-state index in [1.165, 1.54) is 5.56 Å². The van der Waals surface area contributed by atoms with Crippen molar-refractivity contribution in [3.05, 3.63) is 29.3 Å². The van der Waals surface area contributed by atoms with Crippen molar-refractivity contribution >= 4 is 0 Å². The minimum absolute atomic E-state index is 0.413. The number of benzene rings is 1. The average molecular weight is 150 g/mol. The number of phenols is 1. The molecule has 11 heavy (non-hydrogen) atoms. The van der Waals surface area contributed by atoms with Gasteiger partial charge in [-0.2, -0.15) is 0 Å². The van der Waals surface area contributed by atoms with Gasteiger partial charge in [-0.25, -0.2) is 0 Å². The van der Waals surface area contributed by atoms with Gasteiger partial charge in [0.25, 0.3) is 0 Å². The molecule has 1 N–H and O–H groups in total. The zero-order valence-corrected chi connectivity index (χ0v) is 7.09. The molecule has 0 aliphatic heterocycles. The molecule has 1 heteroatoms. The number of hydrogen-bond donors (Lipinski definition) is 1. The van der Waals surface area contributed by atoms with Gasteiger partial charge in [0.05, 0.1) is 0 Å². The Morgan fingerprint density at radius 2 is 2.09 bits per heavy atom. The van der Waals surface area contributed by atoms with E-state index < -0.39 is 0 Å². The van der Waals surface area contributed by atoms with E-state index in [-0.39, 0.29) is 0 Å². The van der Waals surface area contributed by atoms with Crippen molar-refractivity contribution in [1.29, 1.82) is 0 Å². The standard InChI is InChI=1S/C10H14O/c1-3-5-9-6-4-7-10(11)8(9)2/h4,6-7,11H,3,5H2,1-2H3. The summed E-state index contributed by atoms with van der Waals surface area (Å²) in [5.41, 5.74) is 2.28. The van der Waals surface area contributed by atoms with Gasteiger partial charge in [0, 0.05) is 0 Å². The topological polar surface area (TPSA) is 20.2 Å². The Balaban J connectivity index is 2.96. The second-order valence-electron chi connectivity index (χ2n) is 2.81. The van der Waals surface area contributed by atoms with Crippen LogP contribution in [0.25, 0.3) is 0 Å². The molecule has 0 radical (unpaired) electrons. The third kappa shape index (κ3) is 1.73. The van der Waals surface area contributed by atoms with E-state index in [2.05, 4.69) is 13.0 Å². The van der Waals surface area contributed by atoms with Gasteiger partial charge in [0.15, 0.2) is 0 Å². The maximum atomic E-state index is 9.33. The summed E-state index contributed by atoms with van der Waals surface area (Å²) in [6.45, 7) is 4.10. The summed E-state index contributed by atoms with van der Waals surface area (Å²) in [7, 11) is 0. The first-order chi connectivity index (χ1) is 5.25. The molecule has 0 aliphatic carbocycles. The Bertz CT molecular complexity index is 241. The molecule has 1 aromatic carbocycles. The van der Waals surface area contributed by atoms with Crippen LogP contribution in [-0.4, -0.2) is 5.11 Å². The van der Waals surface area contributed by atoms with Gasteiger partial charge in [-0.15, -0.1) is 0 Å². The predicted molar refractivity (Wildman–Crippen MR) is 46.8 cm³/mol. The summed E-state index contributed by atoms with van der Waals surface area (Å²) in [5.74, 6) is 0.413. The molecule has 1 nitrogen and oxygen atoms in total. The highest BCUT2D eigenvalue weighted by Crippen LogP contribution is 2.20. The molecule has 60 valence electrons. The quantitative estimate of drug-likeness (QED) is 0.687. The molecule has 1 rings (SSSR count). The fourth-order valence-electron chi connectivity index (χ4n) is 1.21. The Morgan fingerprint density at radius 1 is 1.36 bits per heavy atom. The summed E-state index contributed by atoms with van der Waals surface area (Å²) in [4.78, 5) is 0. The molecular weight excluding hydrogens is 136 g/mol. The maximum absolute atomic E-state index is 9.33. The molecule has 0 atom stereocenters. The molecule has 0 amide bonds. The zero-order chi connectivity index (χ0) is 8.27. The second-order valence-corrected chi connectivity index (χ2v) is 2.81. The Hall–Kier alpha value is -0.980. The first kappa shape index (κ1) is 8.12. The van der Waals surface area contributed by atoms with Crippen molar-refractivity contribution < 1.29 is 5.11 Å². The van der Waals surface area contributed by atoms with Crippen molar-refractivity contribution in [3.63, 3.8) is 0 Å². The first-order valence-electron chi connectivity index (χ1n) is 4.03. The molecule has 0 heterocycles. The first-order valence-corrected chi connectivity index (χ1v) is 4.03. The fourth-order valence-corrected chi connectivity index (χ4v) is 1.21. The van der Waals surface area contributed by atoms with E-state index in [0.29, 0.717) is 5.75 Å². The van der Waals surface area contributed by atoms with Crippen molar-refractivity contribution in [3.8, 4) is 5.75 Å². The summed E-state index contributed by atoms with van der Waals surface area (Å²) >= 11 is 0. The van der Waals surface area contributed by atoms with Crippen molar-refractivity contribution in [2.24, 2.45) is 0 Å². The summed E-state index contributed by atoms with van der Waals surface area (Å²) < 4.78 is 0. The van der Waals surface area contributed by atoms with Crippen LogP contribution in [0.2, 0.25) is 0 Å². The monoisotopic (exact) mass is 150 g/mol. The normalized spacial score (nSPS) is 10.0. The van der Waals surface area contributed by atoms with Crippen LogP contribution in [0.15, 0.2) is 18.2 Å². The average Bonchev–Trinajstić information content (AvgIpc) is 1.99. The van der Waals surface area contributed by atoms with Gasteiger partial charge in [0.1, 0.15) is 5.75 Å². The lowest BCUT2D eigenvalue weighted by molar-refractivity contribution is 0.470. The van der Waals surface area contributed by atoms with Gasteiger partial charge in [-0.1, -0.05) is 25.5 Å². The number of hydrogen-bond acceptors (Lipinski definition) is 1. The van der Waals surface area contributed by atoms with Crippen molar-refractivity contribution in [2.45, 2.75) is 26.7 Å². The van der Waals surface area contributed by atoms with E-state index in [4.69, 9.17) is 0 Å². The molecule has 0 aromatic heterocycles. The van der Waals surface area contributed by atoms with Crippen molar-refractivity contribution in [1.82, 2.24) is 0 Å². The molecule has 0 saturated heterocycles. The lowest BCUT2D eigenvalue weighted by Gasteiger charge is -2.04. The van der Waals surface area contributed by atoms with Crippen LogP contribution in [0.4, 0.5) is 0 Å². The van der Waals surface area contributed by atoms with Gasteiger partial charge in [-0.05, 0) is 30.5 Å². The van der Waals surface area contributed by atoms with Gasteiger partial charge in [0.2, 0.25) is 0 Å². The smallest absolute Gasteiger partial charge is 0.118 e. The number of rotatable bonds is 2. The third-order valence-corrected chi connectivity index (χ3v) is 1.94. The highest BCUT2D eigenvalue weighted by Gasteiger charge is 1.99. The minimum atomic E-state index is 0.413. The molecular formula is C10H14O. The van der Waals surface area contributed by atoms with E-state index >= 15 is 0 Å². The third-order valence-electron chi connectivity index (χ3n) is 1.94. The van der Waals surface area contributed by atoms with Crippen LogP contribution >= 0.6 is 0 Å². The molecule has 0 spiro atoms. The summed E-state index contributed by atoms with van der Waals surface area (Å²) in [6, 6.07) is 5.69. The molecule has 1 aromatic rings. The SMILES string of the molecule is CCCc1cccc(O)c1C. The number of aryl methyl sites for hydroxylation is 1.